The molecule has 1 unspecified atom stereocenters. The number of carbonyl (C=O) groups excluding carboxylic acids is 1. The van der Waals surface area contributed by atoms with Crippen LogP contribution in [0.15, 0.2) is 46.0 Å². The summed E-state index contributed by atoms with van der Waals surface area (Å²) in [6, 6.07) is 9.78. The second kappa shape index (κ2) is 6.76. The van der Waals surface area contributed by atoms with Crippen LogP contribution in [0.25, 0.3) is 11.0 Å². The largest absolute Gasteiger partial charge is 0.349 e. The molecule has 3 aromatic rings. The van der Waals surface area contributed by atoms with Crippen molar-refractivity contribution in [2.24, 2.45) is 0 Å². The number of fused-ring (bicyclic) bond motifs is 3. The van der Waals surface area contributed by atoms with E-state index < -0.39 is 16.0 Å². The Hall–Kier alpha value is -3.75. The number of nitrogens with one attached hydrogen (secondary N) is 3. The highest BCUT2D eigenvalue weighted by molar-refractivity contribution is 5.94. The first-order chi connectivity index (χ1) is 13.4. The molecule has 1 amide bonds. The highest BCUT2D eigenvalue weighted by Crippen LogP contribution is 2.34. The Balaban J connectivity index is 1.75. The van der Waals surface area contributed by atoms with Gasteiger partial charge < -0.3 is 15.3 Å². The normalized spacial score (nSPS) is 15.8. The minimum Gasteiger partial charge on any atom is -0.349 e. The molecule has 4 rings (SSSR count). The minimum atomic E-state index is -0.869. The van der Waals surface area contributed by atoms with E-state index in [0.29, 0.717) is 41.5 Å². The van der Waals surface area contributed by atoms with Crippen molar-refractivity contribution in [2.45, 2.75) is 25.3 Å². The number of hydrogen-bond acceptors (Lipinski definition) is 5. The molecule has 0 bridgehead atoms. The van der Waals surface area contributed by atoms with Crippen molar-refractivity contribution in [3.05, 3.63) is 83.9 Å². The van der Waals surface area contributed by atoms with Crippen LogP contribution in [-0.2, 0) is 12.8 Å². The van der Waals surface area contributed by atoms with E-state index in [4.69, 9.17) is 0 Å². The zero-order valence-corrected chi connectivity index (χ0v) is 14.7. The zero-order chi connectivity index (χ0) is 19.8. The Morgan fingerprint density at radius 1 is 1.11 bits per heavy atom. The van der Waals surface area contributed by atoms with Gasteiger partial charge in [0, 0.05) is 23.2 Å². The van der Waals surface area contributed by atoms with Gasteiger partial charge >= 0.3 is 11.1 Å². The SMILES string of the molecule is O=C(NC1CCc2c([N+](=O)[O-])cc3[nH]c(=O)c(=O)[nH]c3c2C1)c1ccccc1. The van der Waals surface area contributed by atoms with Crippen molar-refractivity contribution < 1.29 is 9.72 Å². The van der Waals surface area contributed by atoms with E-state index in [2.05, 4.69) is 15.3 Å². The summed E-state index contributed by atoms with van der Waals surface area (Å²) in [4.78, 5) is 51.7. The molecule has 1 aliphatic carbocycles. The topological polar surface area (TPSA) is 138 Å². The second-order valence-corrected chi connectivity index (χ2v) is 6.72. The number of nitro groups is 1. The fourth-order valence-electron chi connectivity index (χ4n) is 3.67. The summed E-state index contributed by atoms with van der Waals surface area (Å²) >= 11 is 0. The Labute approximate surface area is 157 Å². The summed E-state index contributed by atoms with van der Waals surface area (Å²) < 4.78 is 0. The van der Waals surface area contributed by atoms with Crippen LogP contribution in [0.3, 0.4) is 0 Å². The predicted octanol–water partition coefficient (Wildman–Crippen LogP) is 1.41. The first-order valence-electron chi connectivity index (χ1n) is 8.75. The smallest absolute Gasteiger partial charge is 0.314 e. The number of carbonyl (C=O) groups is 1. The van der Waals surface area contributed by atoms with Gasteiger partial charge in [0.2, 0.25) is 0 Å². The van der Waals surface area contributed by atoms with Gasteiger partial charge in [-0.15, -0.1) is 0 Å². The van der Waals surface area contributed by atoms with Crippen molar-refractivity contribution in [3.63, 3.8) is 0 Å². The summed E-state index contributed by atoms with van der Waals surface area (Å²) in [7, 11) is 0. The van der Waals surface area contributed by atoms with Crippen molar-refractivity contribution >= 4 is 22.6 Å². The lowest BCUT2D eigenvalue weighted by molar-refractivity contribution is -0.385. The average Bonchev–Trinajstić information content (AvgIpc) is 2.69. The molecule has 1 atom stereocenters. The first kappa shape index (κ1) is 17.7. The van der Waals surface area contributed by atoms with Crippen LogP contribution in [-0.4, -0.2) is 26.8 Å². The van der Waals surface area contributed by atoms with Gasteiger partial charge in [-0.05, 0) is 37.0 Å². The maximum atomic E-state index is 12.4. The molecule has 2 aromatic carbocycles. The van der Waals surface area contributed by atoms with Crippen molar-refractivity contribution in [2.75, 3.05) is 0 Å². The quantitative estimate of drug-likeness (QED) is 0.358. The standard InChI is InChI=1S/C19H16N4O5/c24-17(10-4-2-1-3-5-10)20-11-6-7-12-13(8-11)16-14(9-15(12)23(27)28)21-18(25)19(26)22-16/h1-5,9,11H,6-8H2,(H,20,24)(H,21,25)(H,22,26). The van der Waals surface area contributed by atoms with Gasteiger partial charge in [0.15, 0.2) is 0 Å². The van der Waals surface area contributed by atoms with E-state index in [0.717, 1.165) is 0 Å². The number of aromatic amines is 2. The zero-order valence-electron chi connectivity index (χ0n) is 14.7. The van der Waals surface area contributed by atoms with E-state index in [1.165, 1.54) is 6.07 Å². The number of amides is 1. The van der Waals surface area contributed by atoms with Crippen LogP contribution in [0.5, 0.6) is 0 Å². The third-order valence-corrected chi connectivity index (χ3v) is 4.98. The molecule has 3 N–H and O–H groups in total. The number of benzene rings is 2. The number of H-pyrrole nitrogens is 2. The molecule has 0 fully saturated rings. The van der Waals surface area contributed by atoms with Crippen LogP contribution >= 0.6 is 0 Å². The number of nitro benzene ring substituents is 1. The fourth-order valence-corrected chi connectivity index (χ4v) is 3.67. The molecule has 1 aromatic heterocycles. The van der Waals surface area contributed by atoms with E-state index >= 15 is 0 Å². The molecule has 1 heterocycles. The predicted molar refractivity (Wildman–Crippen MR) is 102 cm³/mol. The summed E-state index contributed by atoms with van der Waals surface area (Å²) in [5.74, 6) is -0.231. The monoisotopic (exact) mass is 380 g/mol. The summed E-state index contributed by atoms with van der Waals surface area (Å²) in [6.07, 6.45) is 1.22. The van der Waals surface area contributed by atoms with E-state index in [1.54, 1.807) is 24.3 Å². The molecular weight excluding hydrogens is 364 g/mol. The molecule has 0 radical (unpaired) electrons. The Bertz CT molecular complexity index is 1210. The van der Waals surface area contributed by atoms with Crippen LogP contribution in [0.2, 0.25) is 0 Å². The summed E-state index contributed by atoms with van der Waals surface area (Å²) in [5.41, 5.74) is 0.389. The third-order valence-electron chi connectivity index (χ3n) is 4.98. The highest BCUT2D eigenvalue weighted by Gasteiger charge is 2.29. The van der Waals surface area contributed by atoms with Gasteiger partial charge in [0.25, 0.3) is 11.6 Å². The lowest BCUT2D eigenvalue weighted by Crippen LogP contribution is -2.39. The average molecular weight is 380 g/mol. The van der Waals surface area contributed by atoms with E-state index in [9.17, 15) is 24.5 Å². The van der Waals surface area contributed by atoms with Gasteiger partial charge in [-0.2, -0.15) is 0 Å². The summed E-state index contributed by atoms with van der Waals surface area (Å²) in [5, 5.41) is 14.4. The highest BCUT2D eigenvalue weighted by atomic mass is 16.6. The van der Waals surface area contributed by atoms with Crippen LogP contribution < -0.4 is 16.4 Å². The van der Waals surface area contributed by atoms with Crippen LogP contribution in [0.4, 0.5) is 5.69 Å². The Kier molecular flexibility index (Phi) is 4.26. The van der Waals surface area contributed by atoms with E-state index in [-0.39, 0.29) is 23.2 Å². The van der Waals surface area contributed by atoms with Crippen LogP contribution in [0.1, 0.15) is 27.9 Å². The first-order valence-corrected chi connectivity index (χ1v) is 8.75. The molecule has 0 spiro atoms. The fraction of sp³-hybridized carbons (Fsp3) is 0.211. The molecular formula is C19H16N4O5. The molecule has 0 saturated heterocycles. The Morgan fingerprint density at radius 3 is 2.54 bits per heavy atom. The molecule has 9 heteroatoms. The molecule has 0 saturated carbocycles. The van der Waals surface area contributed by atoms with Gasteiger partial charge in [0.1, 0.15) is 0 Å². The van der Waals surface area contributed by atoms with Crippen molar-refractivity contribution in [1.82, 2.24) is 15.3 Å². The number of nitrogens with zero attached hydrogens (tertiary/aromatic N) is 1. The minimum absolute atomic E-state index is 0.0990. The lowest BCUT2D eigenvalue weighted by atomic mass is 9.86. The maximum absolute atomic E-state index is 12.4. The molecule has 1 aliphatic rings. The van der Waals surface area contributed by atoms with Gasteiger partial charge in [-0.3, -0.25) is 24.5 Å². The molecule has 142 valence electrons. The van der Waals surface area contributed by atoms with Gasteiger partial charge in [-0.25, -0.2) is 0 Å². The van der Waals surface area contributed by atoms with Gasteiger partial charge in [0.05, 0.1) is 16.0 Å². The lowest BCUT2D eigenvalue weighted by Gasteiger charge is -2.26. The number of aromatic nitrogens is 2. The molecule has 28 heavy (non-hydrogen) atoms. The Morgan fingerprint density at radius 2 is 1.82 bits per heavy atom. The maximum Gasteiger partial charge on any atom is 0.314 e. The van der Waals surface area contributed by atoms with Crippen molar-refractivity contribution in [3.8, 4) is 0 Å². The van der Waals surface area contributed by atoms with Crippen molar-refractivity contribution in [1.29, 1.82) is 0 Å². The van der Waals surface area contributed by atoms with Gasteiger partial charge in [-0.1, -0.05) is 18.2 Å². The van der Waals surface area contributed by atoms with E-state index in [1.807, 2.05) is 6.07 Å². The molecule has 0 aliphatic heterocycles. The molecule has 9 nitrogen and oxygen atoms in total. The number of hydrogen-bond donors (Lipinski definition) is 3. The second-order valence-electron chi connectivity index (χ2n) is 6.72. The van der Waals surface area contributed by atoms with Crippen LogP contribution in [0, 0.1) is 10.1 Å². The summed E-state index contributed by atoms with van der Waals surface area (Å²) in [6.45, 7) is 0. The third kappa shape index (κ3) is 3.07. The number of rotatable bonds is 3.